The number of carbonyl (C=O) groups is 4. The number of nitrogens with zero attached hydrogens (tertiary/aromatic N) is 1. The first-order valence-corrected chi connectivity index (χ1v) is 25.6. The van der Waals surface area contributed by atoms with Crippen molar-refractivity contribution in [3.05, 3.63) is 76.9 Å². The van der Waals surface area contributed by atoms with Crippen LogP contribution >= 0.6 is 0 Å². The van der Waals surface area contributed by atoms with Crippen molar-refractivity contribution >= 4 is 29.8 Å². The van der Waals surface area contributed by atoms with Gasteiger partial charge in [0.15, 0.2) is 18.1 Å². The summed E-state index contributed by atoms with van der Waals surface area (Å²) in [5, 5.41) is 57.4. The first-order valence-electron chi connectivity index (χ1n) is 25.6. The van der Waals surface area contributed by atoms with Crippen molar-refractivity contribution in [2.75, 3.05) is 19.8 Å². The number of hydrogen-bond donors (Lipinski definition) is 7. The van der Waals surface area contributed by atoms with Crippen molar-refractivity contribution in [3.63, 3.8) is 0 Å². The Morgan fingerprint density at radius 3 is 2.29 bits per heavy atom. The molecule has 1 saturated carbocycles. The highest BCUT2D eigenvalue weighted by Crippen LogP contribution is 2.58. The topological polar surface area (TPSA) is 261 Å². The summed E-state index contributed by atoms with van der Waals surface area (Å²) in [5.74, 6) is -2.88. The lowest BCUT2D eigenvalue weighted by atomic mass is 9.62. The summed E-state index contributed by atoms with van der Waals surface area (Å²) in [5.41, 5.74) is 0.340. The van der Waals surface area contributed by atoms with E-state index >= 15 is 4.79 Å². The fourth-order valence-electron chi connectivity index (χ4n) is 10.5. The minimum absolute atomic E-state index is 0.00716. The number of benzene rings is 2. The average Bonchev–Trinajstić information content (AvgIpc) is 3.91. The van der Waals surface area contributed by atoms with E-state index in [9.17, 15) is 39.9 Å². The van der Waals surface area contributed by atoms with Gasteiger partial charge in [-0.1, -0.05) is 88.1 Å². The van der Waals surface area contributed by atoms with E-state index in [1.54, 1.807) is 57.2 Å². The molecule has 4 aliphatic heterocycles. The first-order chi connectivity index (χ1) is 34.4. The third-order valence-corrected chi connectivity index (χ3v) is 14.1. The van der Waals surface area contributed by atoms with Crippen LogP contribution in [0.25, 0.3) is 6.08 Å². The zero-order valence-electron chi connectivity index (χ0n) is 42.1. The molecule has 1 aliphatic carbocycles. The lowest BCUT2D eigenvalue weighted by Gasteiger charge is -2.48. The molecule has 7 rings (SSSR count). The number of hydrogen-bond acceptors (Lipinski definition) is 17. The Labute approximate surface area is 421 Å². The summed E-state index contributed by atoms with van der Waals surface area (Å²) in [6, 6.07) is 12.3. The van der Waals surface area contributed by atoms with Gasteiger partial charge in [-0.3, -0.25) is 24.0 Å². The van der Waals surface area contributed by atoms with Crippen molar-refractivity contribution in [3.8, 4) is 0 Å². The molecule has 398 valence electrons. The maximum Gasteiger partial charge on any atom is 0.327 e. The molecule has 2 aromatic rings. The lowest BCUT2D eigenvalue weighted by Crippen LogP contribution is -2.69. The average molecular weight is 1010 g/mol. The molecule has 2 bridgehead atoms. The highest BCUT2D eigenvalue weighted by Gasteiger charge is 2.76. The SMILES string of the molecule is CCCCCC1(CCCCC)O[C@@H]2[C@H]3ON(Cc4ccc(C=CCO[C@H]5O[C@H](CO)[C@H](O)[C@H](O)[C@H]5O)cc4)[C@H]4C(=O)OC(CC34C(=O)NCc3cccc(C(=O)N[C@H](CO)CCC(=O)OC(C)(C)C)c3)[C@@H]2O1. The van der Waals surface area contributed by atoms with E-state index in [-0.39, 0.29) is 51.1 Å². The molecule has 7 N–H and O–H groups in total. The van der Waals surface area contributed by atoms with E-state index in [0.717, 1.165) is 49.7 Å². The van der Waals surface area contributed by atoms with Crippen molar-refractivity contribution in [2.24, 2.45) is 5.41 Å². The van der Waals surface area contributed by atoms with Crippen molar-refractivity contribution in [1.82, 2.24) is 15.7 Å². The van der Waals surface area contributed by atoms with E-state index in [1.165, 1.54) is 5.06 Å². The van der Waals surface area contributed by atoms with Crippen LogP contribution in [0.15, 0.2) is 54.6 Å². The molecular formula is C53H75N3O16. The van der Waals surface area contributed by atoms with Crippen LogP contribution in [0.5, 0.6) is 0 Å². The number of esters is 2. The van der Waals surface area contributed by atoms with Gasteiger partial charge in [0.2, 0.25) is 5.91 Å². The Hall–Kier alpha value is -4.38. The molecule has 2 aromatic carbocycles. The van der Waals surface area contributed by atoms with E-state index < -0.39 is 114 Å². The number of ether oxygens (including phenoxy) is 6. The fourth-order valence-corrected chi connectivity index (χ4v) is 10.5. The third-order valence-electron chi connectivity index (χ3n) is 14.1. The van der Waals surface area contributed by atoms with Gasteiger partial charge in [0, 0.05) is 37.8 Å². The van der Waals surface area contributed by atoms with E-state index in [0.29, 0.717) is 18.4 Å². The van der Waals surface area contributed by atoms with Crippen molar-refractivity contribution in [1.29, 1.82) is 0 Å². The minimum atomic E-state index is -1.55. The highest BCUT2D eigenvalue weighted by atomic mass is 16.8. The summed E-state index contributed by atoms with van der Waals surface area (Å²) in [4.78, 5) is 62.1. The molecule has 0 spiro atoms. The van der Waals surface area contributed by atoms with E-state index in [1.807, 2.05) is 24.3 Å². The predicted octanol–water partition coefficient (Wildman–Crippen LogP) is 3.49. The van der Waals surface area contributed by atoms with Gasteiger partial charge in [0.05, 0.1) is 32.4 Å². The molecule has 12 atom stereocenters. The van der Waals surface area contributed by atoms with Gasteiger partial charge in [-0.25, -0.2) is 0 Å². The molecule has 4 saturated heterocycles. The van der Waals surface area contributed by atoms with Gasteiger partial charge in [0.25, 0.3) is 5.91 Å². The van der Waals surface area contributed by atoms with Gasteiger partial charge in [0.1, 0.15) is 59.8 Å². The quantitative estimate of drug-likeness (QED) is 0.0587. The van der Waals surface area contributed by atoms with Gasteiger partial charge < -0.3 is 64.6 Å². The molecule has 5 aliphatic rings. The Morgan fingerprint density at radius 1 is 0.917 bits per heavy atom. The zero-order valence-corrected chi connectivity index (χ0v) is 42.1. The van der Waals surface area contributed by atoms with Crippen LogP contribution in [0.4, 0.5) is 0 Å². The second kappa shape index (κ2) is 24.3. The predicted molar refractivity (Wildman–Crippen MR) is 259 cm³/mol. The number of unbranched alkanes of at least 4 members (excludes halogenated alkanes) is 4. The Morgan fingerprint density at radius 2 is 1.62 bits per heavy atom. The number of rotatable bonds is 24. The summed E-state index contributed by atoms with van der Waals surface area (Å²) in [6.45, 7) is 8.72. The molecule has 0 radical (unpaired) electrons. The number of fused-ring (bicyclic) bond motifs is 4. The smallest absolute Gasteiger partial charge is 0.327 e. The molecule has 2 amide bonds. The second-order valence-electron chi connectivity index (χ2n) is 20.7. The summed E-state index contributed by atoms with van der Waals surface area (Å²) < 4.78 is 36.5. The second-order valence-corrected chi connectivity index (χ2v) is 20.7. The maximum absolute atomic E-state index is 15.1. The van der Waals surface area contributed by atoms with Gasteiger partial charge >= 0.3 is 11.9 Å². The fraction of sp³-hybridized carbons (Fsp3) is 0.660. The monoisotopic (exact) mass is 1010 g/mol. The standard InChI is InChI=1S/C53H75N3O16/c1-6-8-10-23-52(24-11-9-7-2)70-43-37-27-53(50(65)54-28-34-14-12-16-35(26-34)47(63)55-36(30-57)21-22-39(59)69-51(3,4)5)45(48(64)67-37)56(72-46(53)44(43)71-52)29-33-19-17-32(18-20-33)15-13-25-66-49-42(62)41(61)40(60)38(31-58)68-49/h12-20,26,36-38,40-46,49,57-58,60-62H,6-11,21-25,27-31H2,1-5H3,(H,54,65)(H,55,63)/t36-,37?,38+,40-,41-,42+,43-,44-,45-,46+,49-,53?/m0/s1. The number of amides is 2. The molecule has 72 heavy (non-hydrogen) atoms. The Bertz CT molecular complexity index is 2170. The minimum Gasteiger partial charge on any atom is -0.460 e. The van der Waals surface area contributed by atoms with Crippen LogP contribution in [0, 0.1) is 5.41 Å². The number of carbonyl (C=O) groups excluding carboxylic acids is 4. The van der Waals surface area contributed by atoms with Crippen LogP contribution in [-0.4, -0.2) is 153 Å². The summed E-state index contributed by atoms with van der Waals surface area (Å²) in [7, 11) is 0. The highest BCUT2D eigenvalue weighted by molar-refractivity contribution is 5.95. The van der Waals surface area contributed by atoms with E-state index in [4.69, 9.17) is 33.3 Å². The number of aliphatic hydroxyl groups is 5. The van der Waals surface area contributed by atoms with Crippen LogP contribution < -0.4 is 10.6 Å². The maximum atomic E-state index is 15.1. The van der Waals surface area contributed by atoms with Gasteiger partial charge in [-0.15, -0.1) is 0 Å². The lowest BCUT2D eigenvalue weighted by molar-refractivity contribution is -0.298. The van der Waals surface area contributed by atoms with Gasteiger partial charge in [-0.05, 0) is 68.9 Å². The summed E-state index contributed by atoms with van der Waals surface area (Å²) >= 11 is 0. The molecule has 19 heteroatoms. The molecule has 19 nitrogen and oxygen atoms in total. The number of hydroxylamine groups is 2. The first kappa shape index (κ1) is 55.4. The molecule has 5 fully saturated rings. The Balaban J connectivity index is 1.08. The van der Waals surface area contributed by atoms with Gasteiger partial charge in [-0.2, -0.15) is 5.06 Å². The molecular weight excluding hydrogens is 935 g/mol. The number of aliphatic hydroxyl groups excluding tert-OH is 5. The van der Waals surface area contributed by atoms with Crippen LogP contribution in [0.3, 0.4) is 0 Å². The normalized spacial score (nSPS) is 30.2. The van der Waals surface area contributed by atoms with E-state index in [2.05, 4.69) is 24.5 Å². The van der Waals surface area contributed by atoms with Crippen LogP contribution in [0.2, 0.25) is 0 Å². The summed E-state index contributed by atoms with van der Waals surface area (Å²) in [6.07, 6.45) is 0.789. The largest absolute Gasteiger partial charge is 0.460 e. The molecule has 4 heterocycles. The van der Waals surface area contributed by atoms with Crippen molar-refractivity contribution < 1.29 is 78.0 Å². The Kier molecular flexibility index (Phi) is 18.7. The number of nitrogens with one attached hydrogen (secondary N) is 2. The molecule has 2 unspecified atom stereocenters. The van der Waals surface area contributed by atoms with Crippen molar-refractivity contribution in [2.45, 2.75) is 197 Å². The zero-order chi connectivity index (χ0) is 51.8. The third kappa shape index (κ3) is 12.7. The molecule has 0 aromatic heterocycles. The van der Waals surface area contributed by atoms with Crippen LogP contribution in [-0.2, 0) is 60.7 Å². The van der Waals surface area contributed by atoms with Crippen LogP contribution in [0.1, 0.15) is 132 Å².